The van der Waals surface area contributed by atoms with Gasteiger partial charge in [-0.15, -0.1) is 0 Å². The fraction of sp³-hybridized carbons (Fsp3) is 0.625. The lowest BCUT2D eigenvalue weighted by Crippen LogP contribution is -2.54. The Hall–Kier alpha value is -0.570. The van der Waals surface area contributed by atoms with Gasteiger partial charge >= 0.3 is 0 Å². The SMILES string of the molecule is Clc1ccccc1CC1CCCCC2NCCCN12. The van der Waals surface area contributed by atoms with Gasteiger partial charge in [0.1, 0.15) is 0 Å². The first-order valence-corrected chi connectivity index (χ1v) is 7.95. The van der Waals surface area contributed by atoms with Gasteiger partial charge in [-0.3, -0.25) is 4.90 Å². The molecule has 2 unspecified atom stereocenters. The topological polar surface area (TPSA) is 15.3 Å². The number of halogens is 1. The number of nitrogens with zero attached hydrogens (tertiary/aromatic N) is 1. The summed E-state index contributed by atoms with van der Waals surface area (Å²) in [4.78, 5) is 2.69. The molecule has 0 spiro atoms. The standard InChI is InChI=1S/C16H23ClN2/c17-15-8-3-1-6-13(15)12-14-7-2-4-9-16-18-10-5-11-19(14)16/h1,3,6,8,14,16,18H,2,4-5,7,9-12H2. The number of rotatable bonds is 2. The number of fused-ring (bicyclic) bond motifs is 1. The second-order valence-electron chi connectivity index (χ2n) is 5.80. The fourth-order valence-corrected chi connectivity index (χ4v) is 3.74. The van der Waals surface area contributed by atoms with Crippen molar-refractivity contribution in [3.8, 4) is 0 Å². The van der Waals surface area contributed by atoms with Gasteiger partial charge in [0.15, 0.2) is 0 Å². The monoisotopic (exact) mass is 278 g/mol. The van der Waals surface area contributed by atoms with Crippen molar-refractivity contribution in [1.82, 2.24) is 10.2 Å². The first kappa shape index (κ1) is 13.4. The molecule has 19 heavy (non-hydrogen) atoms. The summed E-state index contributed by atoms with van der Waals surface area (Å²) in [5.74, 6) is 0. The second kappa shape index (κ2) is 6.25. The molecule has 0 amide bonds. The molecule has 0 radical (unpaired) electrons. The minimum Gasteiger partial charge on any atom is -0.302 e. The van der Waals surface area contributed by atoms with E-state index in [4.69, 9.17) is 11.6 Å². The number of benzene rings is 1. The summed E-state index contributed by atoms with van der Waals surface area (Å²) in [6.45, 7) is 2.42. The van der Waals surface area contributed by atoms with Crippen molar-refractivity contribution in [3.05, 3.63) is 34.9 Å². The molecule has 0 aliphatic carbocycles. The summed E-state index contributed by atoms with van der Waals surface area (Å²) in [6, 6.07) is 8.97. The van der Waals surface area contributed by atoms with Crippen LogP contribution in [0.1, 0.15) is 37.7 Å². The van der Waals surface area contributed by atoms with E-state index >= 15 is 0 Å². The molecule has 2 atom stereocenters. The molecule has 1 N–H and O–H groups in total. The first-order valence-electron chi connectivity index (χ1n) is 7.57. The van der Waals surface area contributed by atoms with E-state index in [0.29, 0.717) is 12.2 Å². The van der Waals surface area contributed by atoms with Gasteiger partial charge in [-0.1, -0.05) is 42.6 Å². The van der Waals surface area contributed by atoms with Gasteiger partial charge in [0, 0.05) is 17.6 Å². The molecule has 1 aromatic rings. The van der Waals surface area contributed by atoms with Crippen LogP contribution in [0.25, 0.3) is 0 Å². The van der Waals surface area contributed by atoms with Gasteiger partial charge in [-0.05, 0) is 43.9 Å². The molecular formula is C16H23ClN2. The summed E-state index contributed by atoms with van der Waals surface area (Å²) in [5, 5.41) is 4.61. The molecule has 104 valence electrons. The fourth-order valence-electron chi connectivity index (χ4n) is 3.53. The zero-order chi connectivity index (χ0) is 13.1. The Bertz CT molecular complexity index is 421. The molecule has 2 saturated heterocycles. The van der Waals surface area contributed by atoms with Crippen molar-refractivity contribution in [1.29, 1.82) is 0 Å². The van der Waals surface area contributed by atoms with Gasteiger partial charge < -0.3 is 5.32 Å². The molecule has 3 rings (SSSR count). The first-order chi connectivity index (χ1) is 9.34. The van der Waals surface area contributed by atoms with Gasteiger partial charge in [-0.2, -0.15) is 0 Å². The van der Waals surface area contributed by atoms with Crippen molar-refractivity contribution < 1.29 is 0 Å². The molecule has 0 aromatic heterocycles. The van der Waals surface area contributed by atoms with E-state index in [2.05, 4.69) is 22.3 Å². The van der Waals surface area contributed by atoms with E-state index in [1.807, 2.05) is 12.1 Å². The summed E-state index contributed by atoms with van der Waals surface area (Å²) in [5.41, 5.74) is 1.31. The molecular weight excluding hydrogens is 256 g/mol. The van der Waals surface area contributed by atoms with Crippen LogP contribution in [0.3, 0.4) is 0 Å². The maximum absolute atomic E-state index is 6.33. The number of hydrogen-bond acceptors (Lipinski definition) is 2. The summed E-state index contributed by atoms with van der Waals surface area (Å²) in [6.07, 6.45) is 8.29. The highest BCUT2D eigenvalue weighted by molar-refractivity contribution is 6.31. The molecule has 2 aliphatic rings. The molecule has 2 fully saturated rings. The molecule has 3 heteroatoms. The van der Waals surface area contributed by atoms with Gasteiger partial charge in [0.2, 0.25) is 0 Å². The van der Waals surface area contributed by atoms with Crippen LogP contribution in [0.5, 0.6) is 0 Å². The minimum atomic E-state index is 0.601. The Kier molecular flexibility index (Phi) is 4.42. The van der Waals surface area contributed by atoms with E-state index in [1.165, 1.54) is 50.8 Å². The van der Waals surface area contributed by atoms with E-state index in [0.717, 1.165) is 11.4 Å². The Labute approximate surface area is 121 Å². The van der Waals surface area contributed by atoms with Crippen LogP contribution in [-0.4, -0.2) is 30.2 Å². The molecule has 0 bridgehead atoms. The van der Waals surface area contributed by atoms with E-state index in [9.17, 15) is 0 Å². The molecule has 2 aliphatic heterocycles. The van der Waals surface area contributed by atoms with Gasteiger partial charge in [0.25, 0.3) is 0 Å². The average Bonchev–Trinajstić information content (AvgIpc) is 2.64. The average molecular weight is 279 g/mol. The van der Waals surface area contributed by atoms with Crippen LogP contribution >= 0.6 is 11.6 Å². The second-order valence-corrected chi connectivity index (χ2v) is 6.20. The zero-order valence-electron chi connectivity index (χ0n) is 11.4. The Morgan fingerprint density at radius 3 is 2.89 bits per heavy atom. The number of nitrogens with one attached hydrogen (secondary N) is 1. The van der Waals surface area contributed by atoms with Crippen molar-refractivity contribution in [2.75, 3.05) is 13.1 Å². The normalized spacial score (nSPS) is 28.7. The molecule has 2 heterocycles. The van der Waals surface area contributed by atoms with Crippen LogP contribution in [-0.2, 0) is 6.42 Å². The number of hydrogen-bond donors (Lipinski definition) is 1. The lowest BCUT2D eigenvalue weighted by molar-refractivity contribution is 0.0830. The predicted molar refractivity (Wildman–Crippen MR) is 80.5 cm³/mol. The highest BCUT2D eigenvalue weighted by Gasteiger charge is 2.30. The van der Waals surface area contributed by atoms with Crippen LogP contribution in [0, 0.1) is 0 Å². The lowest BCUT2D eigenvalue weighted by atomic mass is 10.00. The van der Waals surface area contributed by atoms with E-state index in [1.54, 1.807) is 0 Å². The highest BCUT2D eigenvalue weighted by atomic mass is 35.5. The van der Waals surface area contributed by atoms with E-state index < -0.39 is 0 Å². The highest BCUT2D eigenvalue weighted by Crippen LogP contribution is 2.27. The predicted octanol–water partition coefficient (Wildman–Crippen LogP) is 3.45. The maximum Gasteiger partial charge on any atom is 0.0599 e. The van der Waals surface area contributed by atoms with E-state index in [-0.39, 0.29) is 0 Å². The Morgan fingerprint density at radius 2 is 2.00 bits per heavy atom. The lowest BCUT2D eigenvalue weighted by Gasteiger charge is -2.40. The maximum atomic E-state index is 6.33. The Morgan fingerprint density at radius 1 is 1.16 bits per heavy atom. The largest absolute Gasteiger partial charge is 0.302 e. The van der Waals surface area contributed by atoms with Crippen LogP contribution in [0.2, 0.25) is 5.02 Å². The van der Waals surface area contributed by atoms with Crippen LogP contribution < -0.4 is 5.32 Å². The quantitative estimate of drug-likeness (QED) is 0.891. The van der Waals surface area contributed by atoms with Gasteiger partial charge in [0.05, 0.1) is 6.17 Å². The third-order valence-electron chi connectivity index (χ3n) is 4.52. The van der Waals surface area contributed by atoms with Crippen LogP contribution in [0.15, 0.2) is 24.3 Å². The van der Waals surface area contributed by atoms with Crippen molar-refractivity contribution >= 4 is 11.6 Å². The third kappa shape index (κ3) is 3.13. The van der Waals surface area contributed by atoms with Crippen molar-refractivity contribution in [2.45, 2.75) is 50.7 Å². The minimum absolute atomic E-state index is 0.601. The molecule has 1 aromatic carbocycles. The molecule has 0 saturated carbocycles. The van der Waals surface area contributed by atoms with Crippen molar-refractivity contribution in [3.63, 3.8) is 0 Å². The summed E-state index contributed by atoms with van der Waals surface area (Å²) < 4.78 is 0. The van der Waals surface area contributed by atoms with Gasteiger partial charge in [-0.25, -0.2) is 0 Å². The Balaban J connectivity index is 1.76. The molecule has 2 nitrogen and oxygen atoms in total. The summed E-state index contributed by atoms with van der Waals surface area (Å²) >= 11 is 6.33. The summed E-state index contributed by atoms with van der Waals surface area (Å²) in [7, 11) is 0. The van der Waals surface area contributed by atoms with Crippen molar-refractivity contribution in [2.24, 2.45) is 0 Å². The zero-order valence-corrected chi connectivity index (χ0v) is 12.2. The smallest absolute Gasteiger partial charge is 0.0599 e. The van der Waals surface area contributed by atoms with Crippen LogP contribution in [0.4, 0.5) is 0 Å². The third-order valence-corrected chi connectivity index (χ3v) is 4.89.